The Labute approximate surface area is 166 Å². The lowest BCUT2D eigenvalue weighted by Gasteiger charge is -2.32. The van der Waals surface area contributed by atoms with E-state index in [9.17, 15) is 14.0 Å². The van der Waals surface area contributed by atoms with Gasteiger partial charge in [0.15, 0.2) is 5.69 Å². The molecule has 0 saturated carbocycles. The molecule has 1 fully saturated rings. The van der Waals surface area contributed by atoms with Gasteiger partial charge in [-0.15, -0.1) is 0 Å². The van der Waals surface area contributed by atoms with Crippen LogP contribution in [0.3, 0.4) is 0 Å². The van der Waals surface area contributed by atoms with Crippen molar-refractivity contribution in [1.82, 2.24) is 15.5 Å². The van der Waals surface area contributed by atoms with Crippen LogP contribution in [0.25, 0.3) is 10.8 Å². The number of hydrogen-bond acceptors (Lipinski definition) is 4. The minimum atomic E-state index is -0.364. The van der Waals surface area contributed by atoms with Gasteiger partial charge in [-0.25, -0.2) is 9.49 Å². The molecule has 0 unspecified atom stereocenters. The molecule has 1 aromatic heterocycles. The lowest BCUT2D eigenvalue weighted by Crippen LogP contribution is -3.15. The molecule has 2 heterocycles. The van der Waals surface area contributed by atoms with Crippen LogP contribution in [0.5, 0.6) is 0 Å². The molecule has 1 atom stereocenters. The molecule has 1 aliphatic heterocycles. The van der Waals surface area contributed by atoms with Crippen LogP contribution in [-0.2, 0) is 4.74 Å². The number of benzene rings is 2. The second-order valence-electron chi connectivity index (χ2n) is 7.03. The number of ether oxygens (including phenoxy) is 1. The van der Waals surface area contributed by atoms with Gasteiger partial charge in [-0.3, -0.25) is 9.59 Å². The van der Waals surface area contributed by atoms with Crippen LogP contribution in [0.1, 0.15) is 22.1 Å². The summed E-state index contributed by atoms with van der Waals surface area (Å²) in [4.78, 5) is 26.1. The van der Waals surface area contributed by atoms with Crippen LogP contribution >= 0.6 is 0 Å². The number of nitrogens with zero attached hydrogens (tertiary/aromatic N) is 1. The van der Waals surface area contributed by atoms with Crippen molar-refractivity contribution >= 4 is 16.7 Å². The van der Waals surface area contributed by atoms with Gasteiger partial charge in [0.25, 0.3) is 11.5 Å². The number of fused-ring (bicyclic) bond motifs is 1. The number of nitrogens with one attached hydrogen (secondary N) is 3. The topological polar surface area (TPSA) is 88.5 Å². The number of aromatic amines is 1. The Hall–Kier alpha value is -3.10. The molecule has 7 nitrogen and oxygen atoms in total. The smallest absolute Gasteiger partial charge is 0.272 e. The first kappa shape index (κ1) is 19.2. The number of aromatic nitrogens is 2. The minimum Gasteiger partial charge on any atom is -0.370 e. The summed E-state index contributed by atoms with van der Waals surface area (Å²) in [7, 11) is 0. The fraction of sp³-hybridized carbons (Fsp3) is 0.286. The van der Waals surface area contributed by atoms with Crippen LogP contribution in [0.4, 0.5) is 4.39 Å². The first-order valence-electron chi connectivity index (χ1n) is 9.57. The summed E-state index contributed by atoms with van der Waals surface area (Å²) in [5.41, 5.74) is 0.789. The number of amides is 1. The molecule has 3 aromatic rings. The lowest BCUT2D eigenvalue weighted by atomic mass is 10.0. The van der Waals surface area contributed by atoms with E-state index in [-0.39, 0.29) is 29.0 Å². The van der Waals surface area contributed by atoms with Crippen molar-refractivity contribution in [3.05, 3.63) is 76.0 Å². The summed E-state index contributed by atoms with van der Waals surface area (Å²) in [5.74, 6) is -0.658. The standard InChI is InChI=1S/C21H21FN4O3/c22-15-7-5-14(6-8-15)18(26-9-11-29-12-10-26)13-23-21(28)19-16-3-1-2-4-17(16)20(27)25-24-19/h1-8,18H,9-13H2,(H,23,28)(H,25,27)/p+1/t18-/m1/s1. The summed E-state index contributed by atoms with van der Waals surface area (Å²) < 4.78 is 18.8. The van der Waals surface area contributed by atoms with Gasteiger partial charge < -0.3 is 15.0 Å². The second-order valence-corrected chi connectivity index (χ2v) is 7.03. The van der Waals surface area contributed by atoms with E-state index in [2.05, 4.69) is 15.5 Å². The molecule has 4 rings (SSSR count). The average Bonchev–Trinajstić information content (AvgIpc) is 2.76. The fourth-order valence-corrected chi connectivity index (χ4v) is 3.74. The maximum atomic E-state index is 13.4. The second kappa shape index (κ2) is 8.50. The van der Waals surface area contributed by atoms with Gasteiger partial charge in [-0.05, 0) is 18.2 Å². The van der Waals surface area contributed by atoms with Crippen LogP contribution in [-0.4, -0.2) is 49.0 Å². The number of carbonyl (C=O) groups is 1. The number of morpholine rings is 1. The molecular weight excluding hydrogens is 375 g/mol. The molecule has 0 aliphatic carbocycles. The van der Waals surface area contributed by atoms with Crippen LogP contribution < -0.4 is 15.8 Å². The van der Waals surface area contributed by atoms with E-state index in [1.165, 1.54) is 17.0 Å². The molecule has 0 spiro atoms. The Morgan fingerprint density at radius 1 is 1.14 bits per heavy atom. The highest BCUT2D eigenvalue weighted by Crippen LogP contribution is 2.14. The van der Waals surface area contributed by atoms with E-state index in [1.54, 1.807) is 36.4 Å². The van der Waals surface area contributed by atoms with Gasteiger partial charge in [0.2, 0.25) is 0 Å². The summed E-state index contributed by atoms with van der Waals surface area (Å²) >= 11 is 0. The number of rotatable bonds is 5. The van der Waals surface area contributed by atoms with E-state index < -0.39 is 0 Å². The highest BCUT2D eigenvalue weighted by atomic mass is 19.1. The average molecular weight is 397 g/mol. The number of H-pyrrole nitrogens is 1. The first-order chi connectivity index (χ1) is 14.1. The zero-order valence-electron chi connectivity index (χ0n) is 15.8. The molecule has 0 bridgehead atoms. The third-order valence-electron chi connectivity index (χ3n) is 5.28. The van der Waals surface area contributed by atoms with Crippen molar-refractivity contribution in [3.8, 4) is 0 Å². The predicted molar refractivity (Wildman–Crippen MR) is 105 cm³/mol. The number of carbonyl (C=O) groups excluding carboxylic acids is 1. The van der Waals surface area contributed by atoms with Gasteiger partial charge in [0.1, 0.15) is 24.9 Å². The van der Waals surface area contributed by atoms with E-state index in [0.29, 0.717) is 30.5 Å². The first-order valence-corrected chi connectivity index (χ1v) is 9.57. The highest BCUT2D eigenvalue weighted by molar-refractivity contribution is 6.04. The van der Waals surface area contributed by atoms with Crippen molar-refractivity contribution in [3.63, 3.8) is 0 Å². The third kappa shape index (κ3) is 4.18. The molecule has 2 aromatic carbocycles. The Morgan fingerprint density at radius 2 is 1.83 bits per heavy atom. The zero-order chi connectivity index (χ0) is 20.2. The quantitative estimate of drug-likeness (QED) is 0.583. The molecule has 1 aliphatic rings. The summed E-state index contributed by atoms with van der Waals surface area (Å²) in [6, 6.07) is 13.2. The van der Waals surface area contributed by atoms with Gasteiger partial charge in [0.05, 0.1) is 25.1 Å². The zero-order valence-corrected chi connectivity index (χ0v) is 15.8. The number of quaternary nitrogens is 1. The van der Waals surface area contributed by atoms with E-state index in [0.717, 1.165) is 18.7 Å². The van der Waals surface area contributed by atoms with Crippen molar-refractivity contribution in [1.29, 1.82) is 0 Å². The fourth-order valence-electron chi connectivity index (χ4n) is 3.74. The molecular formula is C21H22FN4O3+. The molecule has 0 radical (unpaired) electrons. The van der Waals surface area contributed by atoms with Gasteiger partial charge in [-0.1, -0.05) is 30.3 Å². The van der Waals surface area contributed by atoms with Crippen LogP contribution in [0.15, 0.2) is 53.3 Å². The number of halogens is 1. The maximum absolute atomic E-state index is 13.4. The van der Waals surface area contributed by atoms with Gasteiger partial charge >= 0.3 is 0 Å². The minimum absolute atomic E-state index is 0.0440. The third-order valence-corrected chi connectivity index (χ3v) is 5.28. The molecule has 1 amide bonds. The van der Waals surface area contributed by atoms with E-state index in [1.807, 2.05) is 0 Å². The Kier molecular flexibility index (Phi) is 5.64. The van der Waals surface area contributed by atoms with Gasteiger partial charge in [0, 0.05) is 10.9 Å². The molecule has 29 heavy (non-hydrogen) atoms. The molecule has 8 heteroatoms. The SMILES string of the molecule is O=C(NC[C@H](c1ccc(F)cc1)[NH+]1CCOCC1)c1n[nH]c(=O)c2ccccc12. The Morgan fingerprint density at radius 3 is 2.55 bits per heavy atom. The van der Waals surface area contributed by atoms with Crippen molar-refractivity contribution in [2.45, 2.75) is 6.04 Å². The Bertz CT molecular complexity index is 1060. The lowest BCUT2D eigenvalue weighted by molar-refractivity contribution is -0.937. The highest BCUT2D eigenvalue weighted by Gasteiger charge is 2.27. The van der Waals surface area contributed by atoms with Gasteiger partial charge in [-0.2, -0.15) is 5.10 Å². The van der Waals surface area contributed by atoms with Crippen molar-refractivity contribution < 1.29 is 18.8 Å². The molecule has 150 valence electrons. The molecule has 3 N–H and O–H groups in total. The van der Waals surface area contributed by atoms with Crippen LogP contribution in [0.2, 0.25) is 0 Å². The van der Waals surface area contributed by atoms with E-state index in [4.69, 9.17) is 4.74 Å². The summed E-state index contributed by atoms with van der Waals surface area (Å²) in [6.07, 6.45) is 0. The summed E-state index contributed by atoms with van der Waals surface area (Å²) in [5, 5.41) is 10.2. The normalized spacial score (nSPS) is 15.9. The largest absolute Gasteiger partial charge is 0.370 e. The predicted octanol–water partition coefficient (Wildman–Crippen LogP) is 0.448. The van der Waals surface area contributed by atoms with Crippen LogP contribution in [0, 0.1) is 5.82 Å². The van der Waals surface area contributed by atoms with Crippen molar-refractivity contribution in [2.75, 3.05) is 32.8 Å². The monoisotopic (exact) mass is 397 g/mol. The summed E-state index contributed by atoms with van der Waals surface area (Å²) in [6.45, 7) is 3.25. The molecule has 1 saturated heterocycles. The number of hydrogen-bond donors (Lipinski definition) is 3. The maximum Gasteiger partial charge on any atom is 0.272 e. The van der Waals surface area contributed by atoms with Crippen molar-refractivity contribution in [2.24, 2.45) is 0 Å². The van der Waals surface area contributed by atoms with E-state index >= 15 is 0 Å². The Balaban J connectivity index is 1.57.